The summed E-state index contributed by atoms with van der Waals surface area (Å²) >= 11 is 23.5. The summed E-state index contributed by atoms with van der Waals surface area (Å²) in [5.41, 5.74) is -0.0225. The van der Waals surface area contributed by atoms with Gasteiger partial charge in [-0.2, -0.15) is 0 Å². The smallest absolute Gasteiger partial charge is 0.347 e. The molecule has 20 heavy (non-hydrogen) atoms. The molecule has 0 aliphatic carbocycles. The van der Waals surface area contributed by atoms with Gasteiger partial charge in [0.15, 0.2) is 5.75 Å². The van der Waals surface area contributed by atoms with Crippen LogP contribution < -0.4 is 4.74 Å². The van der Waals surface area contributed by atoms with Crippen molar-refractivity contribution in [1.82, 2.24) is 0 Å². The molecular formula is C13H6Cl4O3. The maximum absolute atomic E-state index is 12.0. The van der Waals surface area contributed by atoms with Gasteiger partial charge in [-0.25, -0.2) is 4.79 Å². The zero-order valence-corrected chi connectivity index (χ0v) is 12.7. The van der Waals surface area contributed by atoms with Gasteiger partial charge in [-0.05, 0) is 18.2 Å². The lowest BCUT2D eigenvalue weighted by Gasteiger charge is -2.11. The SMILES string of the molecule is O=C(Oc1c(Cl)cc(Cl)c(Cl)c1Cl)c1ccccc1O. The normalized spacial score (nSPS) is 10.4. The molecule has 3 nitrogen and oxygen atoms in total. The van der Waals surface area contributed by atoms with Crippen molar-refractivity contribution in [3.8, 4) is 11.5 Å². The number of benzene rings is 2. The van der Waals surface area contributed by atoms with Crippen molar-refractivity contribution in [2.24, 2.45) is 0 Å². The van der Waals surface area contributed by atoms with Crippen LogP contribution in [0.3, 0.4) is 0 Å². The third-order valence-electron chi connectivity index (χ3n) is 2.39. The lowest BCUT2D eigenvalue weighted by Crippen LogP contribution is -2.09. The summed E-state index contributed by atoms with van der Waals surface area (Å²) in [5, 5.41) is 9.71. The quantitative estimate of drug-likeness (QED) is 0.349. The Morgan fingerprint density at radius 2 is 1.65 bits per heavy atom. The zero-order valence-electron chi connectivity index (χ0n) is 9.66. The highest BCUT2D eigenvalue weighted by Gasteiger charge is 2.20. The first-order valence-electron chi connectivity index (χ1n) is 5.25. The van der Waals surface area contributed by atoms with E-state index >= 15 is 0 Å². The van der Waals surface area contributed by atoms with E-state index in [1.807, 2.05) is 0 Å². The molecule has 104 valence electrons. The van der Waals surface area contributed by atoms with E-state index in [9.17, 15) is 9.90 Å². The van der Waals surface area contributed by atoms with Gasteiger partial charge in [0, 0.05) is 0 Å². The third kappa shape index (κ3) is 2.96. The Morgan fingerprint density at radius 3 is 2.30 bits per heavy atom. The molecule has 0 atom stereocenters. The Morgan fingerprint density at radius 1 is 1.00 bits per heavy atom. The maximum atomic E-state index is 12.0. The molecule has 0 aromatic heterocycles. The van der Waals surface area contributed by atoms with Crippen molar-refractivity contribution >= 4 is 52.4 Å². The van der Waals surface area contributed by atoms with Gasteiger partial charge in [-0.3, -0.25) is 0 Å². The number of ether oxygens (including phenoxy) is 1. The maximum Gasteiger partial charge on any atom is 0.347 e. The molecule has 0 unspecified atom stereocenters. The van der Waals surface area contributed by atoms with E-state index in [0.717, 1.165) is 0 Å². The predicted molar refractivity (Wildman–Crippen MR) is 79.5 cm³/mol. The summed E-state index contributed by atoms with van der Waals surface area (Å²) in [4.78, 5) is 12.0. The van der Waals surface area contributed by atoms with Gasteiger partial charge >= 0.3 is 5.97 Å². The second kappa shape index (κ2) is 6.10. The van der Waals surface area contributed by atoms with Gasteiger partial charge in [0.2, 0.25) is 0 Å². The first-order chi connectivity index (χ1) is 9.41. The number of esters is 1. The van der Waals surface area contributed by atoms with E-state index in [-0.39, 0.29) is 37.2 Å². The number of phenols is 1. The summed E-state index contributed by atoms with van der Waals surface area (Å²) in [5.74, 6) is -1.15. The first-order valence-corrected chi connectivity index (χ1v) is 6.76. The number of carbonyl (C=O) groups is 1. The van der Waals surface area contributed by atoms with Crippen LogP contribution in [0.1, 0.15) is 10.4 Å². The number of halogens is 4. The minimum absolute atomic E-state index is 0.0225. The molecule has 7 heteroatoms. The van der Waals surface area contributed by atoms with Crippen molar-refractivity contribution in [2.45, 2.75) is 0 Å². The van der Waals surface area contributed by atoms with E-state index in [4.69, 9.17) is 51.1 Å². The number of carbonyl (C=O) groups excluding carboxylic acids is 1. The van der Waals surface area contributed by atoms with Crippen LogP contribution in [-0.2, 0) is 0 Å². The highest BCUT2D eigenvalue weighted by atomic mass is 35.5. The minimum atomic E-state index is -0.815. The van der Waals surface area contributed by atoms with Gasteiger partial charge in [0.05, 0.1) is 15.1 Å². The van der Waals surface area contributed by atoms with Crippen molar-refractivity contribution in [3.05, 3.63) is 56.0 Å². The average molecular weight is 352 g/mol. The molecule has 2 rings (SSSR count). The molecule has 0 aliphatic heterocycles. The van der Waals surface area contributed by atoms with E-state index < -0.39 is 5.97 Å². The molecule has 2 aromatic rings. The minimum Gasteiger partial charge on any atom is -0.507 e. The lowest BCUT2D eigenvalue weighted by atomic mass is 10.2. The molecule has 0 saturated carbocycles. The van der Waals surface area contributed by atoms with Crippen LogP contribution in [0.4, 0.5) is 0 Å². The van der Waals surface area contributed by atoms with Crippen molar-refractivity contribution in [3.63, 3.8) is 0 Å². The molecule has 0 aliphatic rings. The topological polar surface area (TPSA) is 46.5 Å². The predicted octanol–water partition coefficient (Wildman–Crippen LogP) is 5.23. The molecule has 2 aromatic carbocycles. The summed E-state index contributed by atoms with van der Waals surface area (Å²) in [7, 11) is 0. The van der Waals surface area contributed by atoms with Crippen LogP contribution in [0.25, 0.3) is 0 Å². The Balaban J connectivity index is 2.39. The van der Waals surface area contributed by atoms with Crippen LogP contribution in [0.5, 0.6) is 11.5 Å². The first kappa shape index (κ1) is 15.3. The molecule has 0 spiro atoms. The Hall–Kier alpha value is -1.13. The van der Waals surface area contributed by atoms with Crippen LogP contribution in [0.2, 0.25) is 20.1 Å². The third-order valence-corrected chi connectivity index (χ3v) is 3.92. The number of phenolic OH excluding ortho intramolecular Hbond substituents is 1. The molecule has 0 bridgehead atoms. The molecule has 0 amide bonds. The van der Waals surface area contributed by atoms with Gasteiger partial charge in [0.25, 0.3) is 0 Å². The van der Waals surface area contributed by atoms with Crippen molar-refractivity contribution in [2.75, 3.05) is 0 Å². The Labute approximate surface area is 134 Å². The fourth-order valence-electron chi connectivity index (χ4n) is 1.44. The molecule has 0 fully saturated rings. The fraction of sp³-hybridized carbons (Fsp3) is 0. The Bertz CT molecular complexity index is 686. The largest absolute Gasteiger partial charge is 0.507 e. The van der Waals surface area contributed by atoms with E-state index in [1.54, 1.807) is 12.1 Å². The number of aromatic hydroxyl groups is 1. The molecule has 1 N–H and O–H groups in total. The van der Waals surface area contributed by atoms with E-state index in [2.05, 4.69) is 0 Å². The highest BCUT2D eigenvalue weighted by Crippen LogP contribution is 2.43. The number of para-hydroxylation sites is 1. The summed E-state index contributed by atoms with van der Waals surface area (Å²) in [6, 6.07) is 7.22. The monoisotopic (exact) mass is 350 g/mol. The molecular weight excluding hydrogens is 346 g/mol. The zero-order chi connectivity index (χ0) is 14.9. The summed E-state index contributed by atoms with van der Waals surface area (Å²) in [6.45, 7) is 0. The number of hydrogen-bond acceptors (Lipinski definition) is 3. The number of hydrogen-bond donors (Lipinski definition) is 1. The summed E-state index contributed by atoms with van der Waals surface area (Å²) in [6.07, 6.45) is 0. The summed E-state index contributed by atoms with van der Waals surface area (Å²) < 4.78 is 5.07. The van der Waals surface area contributed by atoms with E-state index in [0.29, 0.717) is 0 Å². The van der Waals surface area contributed by atoms with Crippen molar-refractivity contribution in [1.29, 1.82) is 0 Å². The molecule has 0 saturated heterocycles. The Kier molecular flexibility index (Phi) is 4.66. The van der Waals surface area contributed by atoms with Gasteiger partial charge in [0.1, 0.15) is 16.3 Å². The standard InChI is InChI=1S/C13H6Cl4O3/c14-7-5-8(15)12(11(17)10(7)16)20-13(19)6-3-1-2-4-9(6)18/h1-5,18H. The second-order valence-electron chi connectivity index (χ2n) is 3.70. The van der Waals surface area contributed by atoms with Crippen LogP contribution in [-0.4, -0.2) is 11.1 Å². The lowest BCUT2D eigenvalue weighted by molar-refractivity contribution is 0.0732. The van der Waals surface area contributed by atoms with Gasteiger partial charge in [-0.15, -0.1) is 0 Å². The number of rotatable bonds is 2. The fourth-order valence-corrected chi connectivity index (χ4v) is 2.42. The highest BCUT2D eigenvalue weighted by molar-refractivity contribution is 6.50. The molecule has 0 heterocycles. The van der Waals surface area contributed by atoms with Crippen LogP contribution >= 0.6 is 46.4 Å². The average Bonchev–Trinajstić information content (AvgIpc) is 2.41. The van der Waals surface area contributed by atoms with E-state index in [1.165, 1.54) is 18.2 Å². The molecule has 0 radical (unpaired) electrons. The second-order valence-corrected chi connectivity index (χ2v) is 5.27. The van der Waals surface area contributed by atoms with Crippen LogP contribution in [0, 0.1) is 0 Å². The van der Waals surface area contributed by atoms with Gasteiger partial charge in [-0.1, -0.05) is 58.5 Å². The van der Waals surface area contributed by atoms with Crippen molar-refractivity contribution < 1.29 is 14.6 Å². The van der Waals surface area contributed by atoms with Crippen LogP contribution in [0.15, 0.2) is 30.3 Å². The van der Waals surface area contributed by atoms with Gasteiger partial charge < -0.3 is 9.84 Å².